The molecular formula is C16H20FNO2S. The fourth-order valence-corrected chi connectivity index (χ4v) is 2.75. The van der Waals surface area contributed by atoms with Gasteiger partial charge in [-0.3, -0.25) is 4.90 Å². The zero-order valence-corrected chi connectivity index (χ0v) is 12.9. The van der Waals surface area contributed by atoms with E-state index < -0.39 is 6.10 Å². The molecule has 0 aliphatic rings. The molecule has 2 rings (SSSR count). The molecule has 0 saturated heterocycles. The summed E-state index contributed by atoms with van der Waals surface area (Å²) in [5, 5.41) is 11.9. The van der Waals surface area contributed by atoms with Crippen molar-refractivity contribution in [1.29, 1.82) is 0 Å². The average molecular weight is 309 g/mol. The van der Waals surface area contributed by atoms with Crippen molar-refractivity contribution in [2.24, 2.45) is 0 Å². The first-order valence-corrected chi connectivity index (χ1v) is 7.72. The molecule has 0 fully saturated rings. The second-order valence-electron chi connectivity index (χ2n) is 5.07. The highest BCUT2D eigenvalue weighted by Gasteiger charge is 2.09. The molecule has 0 amide bonds. The van der Waals surface area contributed by atoms with E-state index in [4.69, 9.17) is 4.74 Å². The van der Waals surface area contributed by atoms with E-state index in [9.17, 15) is 9.50 Å². The van der Waals surface area contributed by atoms with E-state index in [1.165, 1.54) is 12.1 Å². The van der Waals surface area contributed by atoms with E-state index in [0.717, 1.165) is 10.4 Å². The Labute approximate surface area is 128 Å². The van der Waals surface area contributed by atoms with Gasteiger partial charge in [0.15, 0.2) is 0 Å². The number of hydrogen-bond acceptors (Lipinski definition) is 4. The number of hydrogen-bond donors (Lipinski definition) is 1. The van der Waals surface area contributed by atoms with Gasteiger partial charge in [0.1, 0.15) is 5.82 Å². The Hall–Kier alpha value is -1.27. The molecule has 2 aromatic rings. The highest BCUT2D eigenvalue weighted by molar-refractivity contribution is 7.09. The van der Waals surface area contributed by atoms with Crippen LogP contribution in [0.5, 0.6) is 0 Å². The SMILES string of the molecule is CN(Cc1cccc(F)c1)CC(O)COCc1cccs1. The van der Waals surface area contributed by atoms with Gasteiger partial charge in [-0.1, -0.05) is 18.2 Å². The van der Waals surface area contributed by atoms with Gasteiger partial charge in [0.2, 0.25) is 0 Å². The lowest BCUT2D eigenvalue weighted by Gasteiger charge is -2.20. The van der Waals surface area contributed by atoms with Crippen molar-refractivity contribution in [2.75, 3.05) is 20.2 Å². The normalized spacial score (nSPS) is 12.8. The Bertz CT molecular complexity index is 533. The van der Waals surface area contributed by atoms with Gasteiger partial charge in [0.25, 0.3) is 0 Å². The molecule has 0 aliphatic carbocycles. The maximum absolute atomic E-state index is 13.1. The van der Waals surface area contributed by atoms with Gasteiger partial charge < -0.3 is 9.84 Å². The molecule has 0 spiro atoms. The zero-order valence-electron chi connectivity index (χ0n) is 12.0. The second kappa shape index (κ2) is 8.24. The largest absolute Gasteiger partial charge is 0.389 e. The van der Waals surface area contributed by atoms with E-state index in [2.05, 4.69) is 0 Å². The van der Waals surface area contributed by atoms with Crippen molar-refractivity contribution in [3.05, 3.63) is 58.0 Å². The minimum absolute atomic E-state index is 0.235. The molecule has 1 heterocycles. The lowest BCUT2D eigenvalue weighted by molar-refractivity contribution is 0.0135. The van der Waals surface area contributed by atoms with Gasteiger partial charge in [-0.25, -0.2) is 4.39 Å². The van der Waals surface area contributed by atoms with Crippen LogP contribution in [0.3, 0.4) is 0 Å². The molecule has 114 valence electrons. The molecule has 21 heavy (non-hydrogen) atoms. The molecule has 1 aromatic heterocycles. The summed E-state index contributed by atoms with van der Waals surface area (Å²) in [5.41, 5.74) is 0.893. The molecule has 0 radical (unpaired) electrons. The van der Waals surface area contributed by atoms with Crippen LogP contribution in [-0.4, -0.2) is 36.3 Å². The van der Waals surface area contributed by atoms with E-state index in [1.54, 1.807) is 17.4 Å². The average Bonchev–Trinajstić information content (AvgIpc) is 2.91. The maximum atomic E-state index is 13.1. The van der Waals surface area contributed by atoms with Crippen molar-refractivity contribution in [3.63, 3.8) is 0 Å². The quantitative estimate of drug-likeness (QED) is 0.814. The molecule has 0 aliphatic heterocycles. The standard InChI is InChI=1S/C16H20FNO2S/c1-18(9-13-4-2-5-14(17)8-13)10-15(19)11-20-12-16-6-3-7-21-16/h2-8,15,19H,9-12H2,1H3. The summed E-state index contributed by atoms with van der Waals surface area (Å²) in [6.45, 7) is 1.91. The highest BCUT2D eigenvalue weighted by atomic mass is 32.1. The molecule has 1 unspecified atom stereocenters. The van der Waals surface area contributed by atoms with Crippen LogP contribution in [0.1, 0.15) is 10.4 Å². The highest BCUT2D eigenvalue weighted by Crippen LogP contribution is 2.10. The maximum Gasteiger partial charge on any atom is 0.123 e. The summed E-state index contributed by atoms with van der Waals surface area (Å²) in [6, 6.07) is 10.5. The molecule has 0 saturated carbocycles. The van der Waals surface area contributed by atoms with E-state index in [-0.39, 0.29) is 5.82 Å². The number of aliphatic hydroxyl groups excluding tert-OH is 1. The van der Waals surface area contributed by atoms with Crippen molar-refractivity contribution in [2.45, 2.75) is 19.3 Å². The number of nitrogens with zero attached hydrogens (tertiary/aromatic N) is 1. The third-order valence-electron chi connectivity index (χ3n) is 3.00. The van der Waals surface area contributed by atoms with Crippen LogP contribution in [0.4, 0.5) is 4.39 Å². The van der Waals surface area contributed by atoms with Gasteiger partial charge in [-0.2, -0.15) is 0 Å². The summed E-state index contributed by atoms with van der Waals surface area (Å²) < 4.78 is 18.6. The predicted molar refractivity (Wildman–Crippen MR) is 82.7 cm³/mol. The first-order valence-electron chi connectivity index (χ1n) is 6.84. The zero-order chi connectivity index (χ0) is 15.1. The van der Waals surface area contributed by atoms with Crippen LogP contribution in [-0.2, 0) is 17.9 Å². The van der Waals surface area contributed by atoms with Gasteiger partial charge in [-0.15, -0.1) is 11.3 Å². The Morgan fingerprint density at radius 2 is 2.19 bits per heavy atom. The summed E-state index contributed by atoms with van der Waals surface area (Å²) in [5.74, 6) is -0.235. The number of rotatable bonds is 8. The Balaban J connectivity index is 1.68. The molecule has 5 heteroatoms. The van der Waals surface area contributed by atoms with E-state index in [1.807, 2.05) is 35.5 Å². The number of likely N-dealkylation sites (N-methyl/N-ethyl adjacent to an activating group) is 1. The molecule has 1 atom stereocenters. The summed E-state index contributed by atoms with van der Waals surface area (Å²) in [4.78, 5) is 3.10. The first kappa shape index (κ1) is 16.1. The Morgan fingerprint density at radius 3 is 2.90 bits per heavy atom. The number of thiophene rings is 1. The summed E-state index contributed by atoms with van der Waals surface area (Å²) in [6.07, 6.45) is -0.552. The van der Waals surface area contributed by atoms with Crippen molar-refractivity contribution >= 4 is 11.3 Å². The van der Waals surface area contributed by atoms with Crippen LogP contribution in [0, 0.1) is 5.82 Å². The van der Waals surface area contributed by atoms with Gasteiger partial charge in [-0.05, 0) is 36.2 Å². The minimum Gasteiger partial charge on any atom is -0.389 e. The number of halogens is 1. The monoisotopic (exact) mass is 309 g/mol. The molecule has 1 aromatic carbocycles. The van der Waals surface area contributed by atoms with Crippen LogP contribution in [0.15, 0.2) is 41.8 Å². The van der Waals surface area contributed by atoms with Gasteiger partial charge in [0, 0.05) is 18.0 Å². The van der Waals surface area contributed by atoms with E-state index >= 15 is 0 Å². The second-order valence-corrected chi connectivity index (χ2v) is 6.11. The van der Waals surface area contributed by atoms with E-state index in [0.29, 0.717) is 26.3 Å². The fourth-order valence-electron chi connectivity index (χ4n) is 2.11. The van der Waals surface area contributed by atoms with Gasteiger partial charge >= 0.3 is 0 Å². The third kappa shape index (κ3) is 5.93. The van der Waals surface area contributed by atoms with Crippen LogP contribution in [0.25, 0.3) is 0 Å². The van der Waals surface area contributed by atoms with Crippen molar-refractivity contribution < 1.29 is 14.2 Å². The van der Waals surface area contributed by atoms with Crippen LogP contribution in [0.2, 0.25) is 0 Å². The van der Waals surface area contributed by atoms with Crippen molar-refractivity contribution in [3.8, 4) is 0 Å². The minimum atomic E-state index is -0.552. The van der Waals surface area contributed by atoms with Crippen molar-refractivity contribution in [1.82, 2.24) is 4.90 Å². The smallest absolute Gasteiger partial charge is 0.123 e. The first-order chi connectivity index (χ1) is 10.1. The molecule has 1 N–H and O–H groups in total. The molecule has 3 nitrogen and oxygen atoms in total. The lowest BCUT2D eigenvalue weighted by Crippen LogP contribution is -2.31. The van der Waals surface area contributed by atoms with Crippen LogP contribution >= 0.6 is 11.3 Å². The number of benzene rings is 1. The third-order valence-corrected chi connectivity index (χ3v) is 3.85. The predicted octanol–water partition coefficient (Wildman–Crippen LogP) is 2.90. The van der Waals surface area contributed by atoms with Gasteiger partial charge in [0.05, 0.1) is 19.3 Å². The number of ether oxygens (including phenoxy) is 1. The Morgan fingerprint density at radius 1 is 1.33 bits per heavy atom. The summed E-state index contributed by atoms with van der Waals surface area (Å²) in [7, 11) is 1.90. The summed E-state index contributed by atoms with van der Waals surface area (Å²) >= 11 is 1.64. The molecular weight excluding hydrogens is 289 g/mol. The van der Waals surface area contributed by atoms with Crippen LogP contribution < -0.4 is 0 Å². The fraction of sp³-hybridized carbons (Fsp3) is 0.375. The Kier molecular flexibility index (Phi) is 6.32. The topological polar surface area (TPSA) is 32.7 Å². The lowest BCUT2D eigenvalue weighted by atomic mass is 10.2. The molecule has 0 bridgehead atoms. The number of aliphatic hydroxyl groups is 1.